The summed E-state index contributed by atoms with van der Waals surface area (Å²) < 4.78 is 28.6. The molecule has 4 heterocycles. The zero-order chi connectivity index (χ0) is 20.8. The fourth-order valence-electron chi connectivity index (χ4n) is 3.90. The molecular formula is C22H19F2N5O. The van der Waals surface area contributed by atoms with E-state index < -0.39 is 11.6 Å². The van der Waals surface area contributed by atoms with Crippen molar-refractivity contribution in [3.63, 3.8) is 0 Å². The first kappa shape index (κ1) is 18.5. The molecule has 8 heteroatoms. The molecule has 3 aromatic rings. The first-order chi connectivity index (χ1) is 14.5. The van der Waals surface area contributed by atoms with Crippen LogP contribution in [0.25, 0.3) is 11.3 Å². The molecule has 2 aliphatic rings. The third-order valence-electron chi connectivity index (χ3n) is 5.40. The molecule has 152 valence electrons. The van der Waals surface area contributed by atoms with Crippen LogP contribution in [0.4, 0.5) is 26.0 Å². The molecule has 1 aromatic carbocycles. The normalized spacial score (nSPS) is 15.6. The van der Waals surface area contributed by atoms with Gasteiger partial charge in [0.1, 0.15) is 17.5 Å². The number of pyridine rings is 2. The number of carbonyl (C=O) groups excluding carboxylic acids is 1. The fourth-order valence-corrected chi connectivity index (χ4v) is 3.90. The summed E-state index contributed by atoms with van der Waals surface area (Å²) in [6.07, 6.45) is 1.77. The van der Waals surface area contributed by atoms with Gasteiger partial charge in [0.05, 0.1) is 46.6 Å². The van der Waals surface area contributed by atoms with Gasteiger partial charge < -0.3 is 15.5 Å². The number of hydrogen-bond donors (Lipinski definition) is 2. The van der Waals surface area contributed by atoms with Crippen LogP contribution in [-0.2, 0) is 6.54 Å². The Hall–Kier alpha value is -3.55. The highest BCUT2D eigenvalue weighted by atomic mass is 19.1. The number of anilines is 3. The van der Waals surface area contributed by atoms with Crippen LogP contribution in [0.5, 0.6) is 0 Å². The standard InChI is InChI=1S/C22H19F2N5O/c1-12-10-29(11-12)13-5-6-19(25-8-13)28-17-7-16(20-14(23)3-2-4-15(20)24)27-18-9-26-22(30)21(17)18/h2-8,12H,9-11H2,1H3,(H,26,30)(H,25,27,28). The van der Waals surface area contributed by atoms with E-state index in [9.17, 15) is 13.6 Å². The molecule has 30 heavy (non-hydrogen) atoms. The summed E-state index contributed by atoms with van der Waals surface area (Å²) in [6, 6.07) is 8.93. The van der Waals surface area contributed by atoms with E-state index in [1.807, 2.05) is 12.1 Å². The van der Waals surface area contributed by atoms with Crippen LogP contribution in [0.15, 0.2) is 42.6 Å². The van der Waals surface area contributed by atoms with Crippen molar-refractivity contribution in [2.75, 3.05) is 23.3 Å². The second-order valence-electron chi connectivity index (χ2n) is 7.69. The van der Waals surface area contributed by atoms with Crippen LogP contribution < -0.4 is 15.5 Å². The second-order valence-corrected chi connectivity index (χ2v) is 7.69. The summed E-state index contributed by atoms with van der Waals surface area (Å²) in [6.45, 7) is 4.41. The monoisotopic (exact) mass is 407 g/mol. The average molecular weight is 407 g/mol. The van der Waals surface area contributed by atoms with E-state index >= 15 is 0 Å². The third kappa shape index (κ3) is 3.14. The molecule has 0 radical (unpaired) electrons. The highest BCUT2D eigenvalue weighted by Gasteiger charge is 2.27. The molecule has 0 spiro atoms. The van der Waals surface area contributed by atoms with Gasteiger partial charge in [0.2, 0.25) is 0 Å². The van der Waals surface area contributed by atoms with Crippen molar-refractivity contribution in [3.05, 3.63) is 65.5 Å². The Bertz CT molecular complexity index is 1120. The van der Waals surface area contributed by atoms with Crippen LogP contribution in [0.1, 0.15) is 23.0 Å². The molecule has 0 atom stereocenters. The van der Waals surface area contributed by atoms with Crippen LogP contribution in [0.3, 0.4) is 0 Å². The third-order valence-corrected chi connectivity index (χ3v) is 5.40. The van der Waals surface area contributed by atoms with Crippen LogP contribution in [0.2, 0.25) is 0 Å². The van der Waals surface area contributed by atoms with E-state index in [1.54, 1.807) is 6.20 Å². The Morgan fingerprint density at radius 3 is 2.57 bits per heavy atom. The Balaban J connectivity index is 1.51. The molecule has 0 aliphatic carbocycles. The van der Waals surface area contributed by atoms with Gasteiger partial charge in [-0.3, -0.25) is 4.79 Å². The van der Waals surface area contributed by atoms with Crippen molar-refractivity contribution in [1.29, 1.82) is 0 Å². The highest BCUT2D eigenvalue weighted by molar-refractivity contribution is 6.04. The number of nitrogens with one attached hydrogen (secondary N) is 2. The predicted molar refractivity (Wildman–Crippen MR) is 110 cm³/mol. The number of nitrogens with zero attached hydrogens (tertiary/aromatic N) is 3. The lowest BCUT2D eigenvalue weighted by Gasteiger charge is -2.38. The van der Waals surface area contributed by atoms with Gasteiger partial charge in [-0.25, -0.2) is 18.7 Å². The molecular weight excluding hydrogens is 388 g/mol. The molecule has 6 nitrogen and oxygen atoms in total. The Morgan fingerprint density at radius 1 is 1.13 bits per heavy atom. The minimum Gasteiger partial charge on any atom is -0.370 e. The van der Waals surface area contributed by atoms with Gasteiger partial charge in [0, 0.05) is 13.1 Å². The van der Waals surface area contributed by atoms with Gasteiger partial charge in [0.15, 0.2) is 0 Å². The average Bonchev–Trinajstić information content (AvgIpc) is 3.07. The minimum absolute atomic E-state index is 0.120. The maximum absolute atomic E-state index is 14.3. The molecule has 2 aromatic heterocycles. The highest BCUT2D eigenvalue weighted by Crippen LogP contribution is 2.33. The van der Waals surface area contributed by atoms with Crippen molar-refractivity contribution in [3.8, 4) is 11.3 Å². The van der Waals surface area contributed by atoms with Gasteiger partial charge in [-0.05, 0) is 36.2 Å². The zero-order valence-electron chi connectivity index (χ0n) is 16.2. The number of aromatic nitrogens is 2. The Kier molecular flexibility index (Phi) is 4.34. The van der Waals surface area contributed by atoms with Crippen LogP contribution in [-0.4, -0.2) is 29.0 Å². The van der Waals surface area contributed by atoms with E-state index in [0.717, 1.165) is 18.8 Å². The molecule has 2 N–H and O–H groups in total. The molecule has 0 saturated carbocycles. The number of benzene rings is 1. The number of amides is 1. The maximum atomic E-state index is 14.3. The SMILES string of the molecule is CC1CN(c2ccc(Nc3cc(-c4c(F)cccc4F)nc4c3C(=O)NC4)nc2)C1. The lowest BCUT2D eigenvalue weighted by molar-refractivity contribution is 0.0966. The largest absolute Gasteiger partial charge is 0.370 e. The van der Waals surface area contributed by atoms with Gasteiger partial charge in [-0.2, -0.15) is 0 Å². The Labute approximate surface area is 172 Å². The summed E-state index contributed by atoms with van der Waals surface area (Å²) in [5.41, 5.74) is 2.13. The van der Waals surface area contributed by atoms with E-state index in [4.69, 9.17) is 0 Å². The van der Waals surface area contributed by atoms with Gasteiger partial charge >= 0.3 is 0 Å². The molecule has 2 aliphatic heterocycles. The molecule has 0 unspecified atom stereocenters. The topological polar surface area (TPSA) is 70.2 Å². The summed E-state index contributed by atoms with van der Waals surface area (Å²) >= 11 is 0. The summed E-state index contributed by atoms with van der Waals surface area (Å²) in [5.74, 6) is -0.501. The van der Waals surface area contributed by atoms with Gasteiger partial charge in [-0.15, -0.1) is 0 Å². The number of rotatable bonds is 4. The summed E-state index contributed by atoms with van der Waals surface area (Å²) in [5, 5.41) is 5.83. The van der Waals surface area contributed by atoms with E-state index in [0.29, 0.717) is 28.7 Å². The van der Waals surface area contributed by atoms with Crippen molar-refractivity contribution in [2.24, 2.45) is 5.92 Å². The van der Waals surface area contributed by atoms with Crippen molar-refractivity contribution < 1.29 is 13.6 Å². The van der Waals surface area contributed by atoms with Crippen LogP contribution in [0, 0.1) is 17.6 Å². The molecule has 1 fully saturated rings. The molecule has 1 saturated heterocycles. The Morgan fingerprint density at radius 2 is 1.90 bits per heavy atom. The van der Waals surface area contributed by atoms with Crippen molar-refractivity contribution >= 4 is 23.1 Å². The van der Waals surface area contributed by atoms with Gasteiger partial charge in [-0.1, -0.05) is 13.0 Å². The zero-order valence-corrected chi connectivity index (χ0v) is 16.2. The fraction of sp³-hybridized carbons (Fsp3) is 0.227. The van der Waals surface area contributed by atoms with E-state index in [-0.39, 0.29) is 23.7 Å². The van der Waals surface area contributed by atoms with Crippen LogP contribution >= 0.6 is 0 Å². The summed E-state index contributed by atoms with van der Waals surface area (Å²) in [7, 11) is 0. The molecule has 5 rings (SSSR count). The number of halogens is 2. The molecule has 0 bridgehead atoms. The first-order valence-electron chi connectivity index (χ1n) is 9.74. The lowest BCUT2D eigenvalue weighted by atomic mass is 10.0. The van der Waals surface area contributed by atoms with Gasteiger partial charge in [0.25, 0.3) is 5.91 Å². The first-order valence-corrected chi connectivity index (χ1v) is 9.74. The van der Waals surface area contributed by atoms with E-state index in [2.05, 4.69) is 32.4 Å². The number of carbonyl (C=O) groups is 1. The van der Waals surface area contributed by atoms with E-state index in [1.165, 1.54) is 24.3 Å². The van der Waals surface area contributed by atoms with Crippen molar-refractivity contribution in [2.45, 2.75) is 13.5 Å². The number of fused-ring (bicyclic) bond motifs is 1. The maximum Gasteiger partial charge on any atom is 0.255 e. The summed E-state index contributed by atoms with van der Waals surface area (Å²) in [4.78, 5) is 23.3. The number of hydrogen-bond acceptors (Lipinski definition) is 5. The smallest absolute Gasteiger partial charge is 0.255 e. The van der Waals surface area contributed by atoms with Crippen molar-refractivity contribution in [1.82, 2.24) is 15.3 Å². The second kappa shape index (κ2) is 7.05. The predicted octanol–water partition coefficient (Wildman–Crippen LogP) is 3.86. The molecule has 1 amide bonds. The lowest BCUT2D eigenvalue weighted by Crippen LogP contribution is -2.45. The quantitative estimate of drug-likeness (QED) is 0.687. The minimum atomic E-state index is -0.711.